The number of carbonyl (C=O) groups is 1. The smallest absolute Gasteiger partial charge is 0.270 e. The highest BCUT2D eigenvalue weighted by molar-refractivity contribution is 6.30. The Kier molecular flexibility index (Phi) is 4.49. The van der Waals surface area contributed by atoms with E-state index in [0.717, 1.165) is 0 Å². The van der Waals surface area contributed by atoms with E-state index >= 15 is 0 Å². The molecule has 7 heteroatoms. The summed E-state index contributed by atoms with van der Waals surface area (Å²) in [5.41, 5.74) is 4.85. The third-order valence-electron chi connectivity index (χ3n) is 2.73. The van der Waals surface area contributed by atoms with Gasteiger partial charge in [0.25, 0.3) is 5.91 Å². The number of nitrogens with one attached hydrogen (secondary N) is 1. The average molecular weight is 271 g/mol. The summed E-state index contributed by atoms with van der Waals surface area (Å²) in [7, 11) is 0. The van der Waals surface area contributed by atoms with Crippen LogP contribution in [0.15, 0.2) is 23.5 Å². The van der Waals surface area contributed by atoms with Gasteiger partial charge in [0.1, 0.15) is 5.69 Å². The van der Waals surface area contributed by atoms with E-state index in [-0.39, 0.29) is 11.5 Å². The maximum absolute atomic E-state index is 11.9. The Labute approximate surface area is 110 Å². The van der Waals surface area contributed by atoms with E-state index in [1.54, 1.807) is 13.0 Å². The predicted molar refractivity (Wildman–Crippen MR) is 68.8 cm³/mol. The molecule has 0 bridgehead atoms. The molecule has 0 aromatic carbocycles. The van der Waals surface area contributed by atoms with E-state index in [1.807, 2.05) is 6.92 Å². The summed E-state index contributed by atoms with van der Waals surface area (Å²) in [5.74, 6) is -0.477. The van der Waals surface area contributed by atoms with Gasteiger partial charge in [0.15, 0.2) is 5.84 Å². The zero-order valence-corrected chi connectivity index (χ0v) is 10.9. The standard InChI is InChI=1S/C11H15ClN4O2/c1-3-11(2,10(13)16-18)15-9(17)8-5-4-7(12)6-14-8/h4-6,18H,3H2,1-2H3,(H2,13,16)(H,15,17). The third kappa shape index (κ3) is 3.10. The summed E-state index contributed by atoms with van der Waals surface area (Å²) < 4.78 is 0. The molecule has 1 amide bonds. The van der Waals surface area contributed by atoms with Crippen molar-refractivity contribution in [2.75, 3.05) is 0 Å². The summed E-state index contributed by atoms with van der Waals surface area (Å²) in [6.07, 6.45) is 1.85. The lowest BCUT2D eigenvalue weighted by molar-refractivity contribution is 0.0920. The molecule has 6 nitrogen and oxygen atoms in total. The van der Waals surface area contributed by atoms with Crippen molar-refractivity contribution >= 4 is 23.3 Å². The molecule has 1 heterocycles. The monoisotopic (exact) mass is 270 g/mol. The van der Waals surface area contributed by atoms with E-state index in [1.165, 1.54) is 12.3 Å². The summed E-state index contributed by atoms with van der Waals surface area (Å²) in [6.45, 7) is 3.48. The van der Waals surface area contributed by atoms with Gasteiger partial charge >= 0.3 is 0 Å². The number of oxime groups is 1. The normalized spacial score (nSPS) is 14.9. The van der Waals surface area contributed by atoms with Gasteiger partial charge in [0.05, 0.1) is 10.6 Å². The fourth-order valence-corrected chi connectivity index (χ4v) is 1.38. The lowest BCUT2D eigenvalue weighted by Crippen LogP contribution is -2.55. The van der Waals surface area contributed by atoms with Crippen LogP contribution in [0.3, 0.4) is 0 Å². The maximum atomic E-state index is 11.9. The molecule has 0 saturated carbocycles. The van der Waals surface area contributed by atoms with Crippen LogP contribution < -0.4 is 11.1 Å². The van der Waals surface area contributed by atoms with Crippen LogP contribution in [-0.2, 0) is 0 Å². The fourth-order valence-electron chi connectivity index (χ4n) is 1.27. The van der Waals surface area contributed by atoms with Gasteiger partial charge in [-0.15, -0.1) is 0 Å². The SMILES string of the molecule is CCC(C)(NC(=O)c1ccc(Cl)cn1)C(N)=NO. The highest BCUT2D eigenvalue weighted by atomic mass is 35.5. The van der Waals surface area contributed by atoms with Gasteiger partial charge in [-0.2, -0.15) is 0 Å². The first kappa shape index (κ1) is 14.2. The molecule has 0 aliphatic heterocycles. The van der Waals surface area contributed by atoms with Crippen molar-refractivity contribution in [1.82, 2.24) is 10.3 Å². The summed E-state index contributed by atoms with van der Waals surface area (Å²) in [5, 5.41) is 14.7. The second kappa shape index (κ2) is 5.68. The number of halogens is 1. The van der Waals surface area contributed by atoms with Gasteiger partial charge in [-0.25, -0.2) is 4.98 Å². The summed E-state index contributed by atoms with van der Waals surface area (Å²) in [4.78, 5) is 15.8. The molecule has 0 spiro atoms. The molecule has 0 saturated heterocycles. The van der Waals surface area contributed by atoms with E-state index in [0.29, 0.717) is 11.4 Å². The molecule has 1 aromatic heterocycles. The molecule has 0 radical (unpaired) electrons. The number of nitrogens with two attached hydrogens (primary N) is 1. The number of hydrogen-bond donors (Lipinski definition) is 3. The Balaban J connectivity index is 2.89. The van der Waals surface area contributed by atoms with Gasteiger partial charge in [-0.3, -0.25) is 4.79 Å². The first-order chi connectivity index (χ1) is 8.42. The minimum absolute atomic E-state index is 0.0627. The van der Waals surface area contributed by atoms with E-state index in [2.05, 4.69) is 15.5 Å². The Morgan fingerprint density at radius 2 is 2.33 bits per heavy atom. The van der Waals surface area contributed by atoms with E-state index < -0.39 is 11.4 Å². The van der Waals surface area contributed by atoms with Crippen molar-refractivity contribution in [3.63, 3.8) is 0 Å². The molecule has 1 atom stereocenters. The van der Waals surface area contributed by atoms with Crippen LogP contribution in [0.25, 0.3) is 0 Å². The van der Waals surface area contributed by atoms with Gasteiger partial charge in [0.2, 0.25) is 0 Å². The molecule has 1 rings (SSSR count). The Morgan fingerprint density at radius 3 is 2.78 bits per heavy atom. The Morgan fingerprint density at radius 1 is 1.67 bits per heavy atom. The third-order valence-corrected chi connectivity index (χ3v) is 2.95. The summed E-state index contributed by atoms with van der Waals surface area (Å²) in [6, 6.07) is 3.07. The van der Waals surface area contributed by atoms with Crippen LogP contribution in [-0.4, -0.2) is 27.5 Å². The van der Waals surface area contributed by atoms with Crippen LogP contribution >= 0.6 is 11.6 Å². The van der Waals surface area contributed by atoms with E-state index in [4.69, 9.17) is 22.5 Å². The molecule has 98 valence electrons. The highest BCUT2D eigenvalue weighted by Gasteiger charge is 2.30. The second-order valence-electron chi connectivity index (χ2n) is 3.99. The lowest BCUT2D eigenvalue weighted by atomic mass is 9.97. The number of aromatic nitrogens is 1. The first-order valence-electron chi connectivity index (χ1n) is 5.35. The van der Waals surface area contributed by atoms with Crippen molar-refractivity contribution in [3.8, 4) is 0 Å². The number of rotatable bonds is 4. The maximum Gasteiger partial charge on any atom is 0.270 e. The van der Waals surface area contributed by atoms with Crippen LogP contribution in [0, 0.1) is 0 Å². The van der Waals surface area contributed by atoms with Crippen molar-refractivity contribution in [2.45, 2.75) is 25.8 Å². The average Bonchev–Trinajstić information content (AvgIpc) is 2.38. The lowest BCUT2D eigenvalue weighted by Gasteiger charge is -2.27. The number of amides is 1. The van der Waals surface area contributed by atoms with Gasteiger partial charge in [-0.1, -0.05) is 23.7 Å². The molecule has 1 unspecified atom stereocenters. The van der Waals surface area contributed by atoms with Crippen LogP contribution in [0.2, 0.25) is 5.02 Å². The van der Waals surface area contributed by atoms with Crippen molar-refractivity contribution < 1.29 is 10.0 Å². The molecule has 4 N–H and O–H groups in total. The molecule has 18 heavy (non-hydrogen) atoms. The molecular weight excluding hydrogens is 256 g/mol. The fraction of sp³-hybridized carbons (Fsp3) is 0.364. The molecule has 0 aliphatic rings. The van der Waals surface area contributed by atoms with Crippen molar-refractivity contribution in [3.05, 3.63) is 29.0 Å². The minimum atomic E-state index is -0.923. The number of carbonyl (C=O) groups excluding carboxylic acids is 1. The predicted octanol–water partition coefficient (Wildman–Crippen LogP) is 1.38. The molecule has 0 fully saturated rings. The molecule has 1 aromatic rings. The highest BCUT2D eigenvalue weighted by Crippen LogP contribution is 2.12. The minimum Gasteiger partial charge on any atom is -0.409 e. The van der Waals surface area contributed by atoms with Crippen LogP contribution in [0.4, 0.5) is 0 Å². The summed E-state index contributed by atoms with van der Waals surface area (Å²) >= 11 is 5.68. The number of amidine groups is 1. The van der Waals surface area contributed by atoms with Crippen molar-refractivity contribution in [1.29, 1.82) is 0 Å². The van der Waals surface area contributed by atoms with Gasteiger partial charge in [0, 0.05) is 6.20 Å². The Hall–Kier alpha value is -1.82. The number of nitrogens with zero attached hydrogens (tertiary/aromatic N) is 2. The molecule has 0 aliphatic carbocycles. The topological polar surface area (TPSA) is 101 Å². The van der Waals surface area contributed by atoms with Gasteiger partial charge < -0.3 is 16.3 Å². The largest absolute Gasteiger partial charge is 0.409 e. The Bertz CT molecular complexity index is 461. The van der Waals surface area contributed by atoms with Crippen LogP contribution in [0.1, 0.15) is 30.8 Å². The second-order valence-corrected chi connectivity index (χ2v) is 4.42. The van der Waals surface area contributed by atoms with Crippen LogP contribution in [0.5, 0.6) is 0 Å². The zero-order chi connectivity index (χ0) is 13.8. The van der Waals surface area contributed by atoms with E-state index in [9.17, 15) is 4.79 Å². The number of hydrogen-bond acceptors (Lipinski definition) is 4. The quantitative estimate of drug-likeness (QED) is 0.333. The van der Waals surface area contributed by atoms with Gasteiger partial charge in [-0.05, 0) is 25.5 Å². The zero-order valence-electron chi connectivity index (χ0n) is 10.1. The molecular formula is C11H15ClN4O2. The number of pyridine rings is 1. The first-order valence-corrected chi connectivity index (χ1v) is 5.73. The van der Waals surface area contributed by atoms with Crippen molar-refractivity contribution in [2.24, 2.45) is 10.9 Å².